The quantitative estimate of drug-likeness (QED) is 0.249. The van der Waals surface area contributed by atoms with E-state index < -0.39 is 0 Å². The van der Waals surface area contributed by atoms with Gasteiger partial charge in [0, 0.05) is 18.5 Å². The van der Waals surface area contributed by atoms with Crippen molar-refractivity contribution in [3.05, 3.63) is 0 Å². The topological polar surface area (TPSA) is 70.6 Å². The van der Waals surface area contributed by atoms with Crippen molar-refractivity contribution >= 4 is 5.84 Å². The van der Waals surface area contributed by atoms with Crippen molar-refractivity contribution in [3.63, 3.8) is 0 Å². The van der Waals surface area contributed by atoms with Crippen molar-refractivity contribution in [3.8, 4) is 0 Å². The lowest BCUT2D eigenvalue weighted by atomic mass is 10.1. The van der Waals surface area contributed by atoms with Crippen molar-refractivity contribution < 1.29 is 5.21 Å². The van der Waals surface area contributed by atoms with E-state index in [1.165, 1.54) is 0 Å². The lowest BCUT2D eigenvalue weighted by molar-refractivity contribution is 0.313. The summed E-state index contributed by atoms with van der Waals surface area (Å²) in [6, 6.07) is 0.485. The van der Waals surface area contributed by atoms with Gasteiger partial charge in [-0.15, -0.1) is 0 Å². The molecular weight excluding hydrogens is 154 g/mol. The number of oxime groups is 1. The van der Waals surface area contributed by atoms with E-state index in [0.29, 0.717) is 6.04 Å². The summed E-state index contributed by atoms with van der Waals surface area (Å²) in [5.41, 5.74) is 5.40. The van der Waals surface area contributed by atoms with Gasteiger partial charge >= 0.3 is 0 Å². The zero-order chi connectivity index (χ0) is 9.56. The molecule has 0 aliphatic carbocycles. The molecule has 0 amide bonds. The largest absolute Gasteiger partial charge is 0.409 e. The summed E-state index contributed by atoms with van der Waals surface area (Å²) in [4.78, 5) is 0. The summed E-state index contributed by atoms with van der Waals surface area (Å²) in [5, 5.41) is 14.6. The minimum absolute atomic E-state index is 0.0870. The molecule has 0 aliphatic heterocycles. The van der Waals surface area contributed by atoms with E-state index in [1.807, 2.05) is 6.92 Å². The number of nitrogens with one attached hydrogen (secondary N) is 1. The van der Waals surface area contributed by atoms with Gasteiger partial charge in [0.25, 0.3) is 0 Å². The van der Waals surface area contributed by atoms with Gasteiger partial charge in [-0.05, 0) is 13.3 Å². The molecule has 2 atom stereocenters. The van der Waals surface area contributed by atoms with E-state index in [2.05, 4.69) is 24.3 Å². The minimum Gasteiger partial charge on any atom is -0.409 e. The van der Waals surface area contributed by atoms with Gasteiger partial charge < -0.3 is 16.3 Å². The van der Waals surface area contributed by atoms with Gasteiger partial charge in [-0.25, -0.2) is 0 Å². The number of nitrogens with zero attached hydrogens (tertiary/aromatic N) is 1. The number of hydrogen-bond acceptors (Lipinski definition) is 3. The van der Waals surface area contributed by atoms with Gasteiger partial charge in [0.1, 0.15) is 5.84 Å². The SMILES string of the molecule is CCC(C)NCC(C)C(N)=NO. The highest BCUT2D eigenvalue weighted by Gasteiger charge is 2.07. The van der Waals surface area contributed by atoms with Crippen molar-refractivity contribution in [1.82, 2.24) is 5.32 Å². The van der Waals surface area contributed by atoms with Gasteiger partial charge in [-0.1, -0.05) is 19.0 Å². The average Bonchev–Trinajstić information content (AvgIpc) is 2.11. The second-order valence-electron chi connectivity index (χ2n) is 3.14. The number of nitrogens with two attached hydrogens (primary N) is 1. The summed E-state index contributed by atoms with van der Waals surface area (Å²) >= 11 is 0. The number of rotatable bonds is 5. The third-order valence-electron chi connectivity index (χ3n) is 2.01. The number of amidine groups is 1. The zero-order valence-electron chi connectivity index (χ0n) is 8.04. The van der Waals surface area contributed by atoms with Crippen LogP contribution in [0, 0.1) is 5.92 Å². The molecule has 0 spiro atoms. The summed E-state index contributed by atoms with van der Waals surface area (Å²) < 4.78 is 0. The molecule has 4 N–H and O–H groups in total. The van der Waals surface area contributed by atoms with Crippen molar-refractivity contribution in [2.45, 2.75) is 33.2 Å². The third kappa shape index (κ3) is 4.18. The van der Waals surface area contributed by atoms with Crippen molar-refractivity contribution in [1.29, 1.82) is 0 Å². The standard InChI is InChI=1S/C8H19N3O/c1-4-7(3)10-5-6(2)8(9)11-12/h6-7,10,12H,4-5H2,1-3H3,(H2,9,11). The van der Waals surface area contributed by atoms with Crippen molar-refractivity contribution in [2.75, 3.05) is 6.54 Å². The molecule has 12 heavy (non-hydrogen) atoms. The van der Waals surface area contributed by atoms with Gasteiger partial charge in [-0.3, -0.25) is 0 Å². The van der Waals surface area contributed by atoms with Gasteiger partial charge in [0.15, 0.2) is 0 Å². The number of hydrogen-bond donors (Lipinski definition) is 3. The van der Waals surface area contributed by atoms with Crippen molar-refractivity contribution in [2.24, 2.45) is 16.8 Å². The minimum atomic E-state index is 0.0870. The average molecular weight is 173 g/mol. The smallest absolute Gasteiger partial charge is 0.143 e. The van der Waals surface area contributed by atoms with Crippen LogP contribution in [0.15, 0.2) is 5.16 Å². The molecule has 0 saturated carbocycles. The van der Waals surface area contributed by atoms with E-state index in [9.17, 15) is 0 Å². The predicted octanol–water partition coefficient (Wildman–Crippen LogP) is 0.757. The Kier molecular flexibility index (Phi) is 5.45. The Hall–Kier alpha value is -0.770. The normalized spacial score (nSPS) is 17.4. The Labute approximate surface area is 73.8 Å². The molecular formula is C8H19N3O. The maximum atomic E-state index is 8.36. The first-order valence-corrected chi connectivity index (χ1v) is 4.32. The fraction of sp³-hybridized carbons (Fsp3) is 0.875. The molecule has 0 radical (unpaired) electrons. The van der Waals surface area contributed by atoms with Crippen LogP contribution in [-0.2, 0) is 0 Å². The molecule has 0 bridgehead atoms. The lowest BCUT2D eigenvalue weighted by Gasteiger charge is -2.15. The molecule has 0 aromatic heterocycles. The Balaban J connectivity index is 3.64. The van der Waals surface area contributed by atoms with E-state index >= 15 is 0 Å². The molecule has 0 aliphatic rings. The highest BCUT2D eigenvalue weighted by molar-refractivity contribution is 5.82. The highest BCUT2D eigenvalue weighted by atomic mass is 16.4. The van der Waals surface area contributed by atoms with Gasteiger partial charge in [0.2, 0.25) is 0 Å². The van der Waals surface area contributed by atoms with Crippen LogP contribution >= 0.6 is 0 Å². The molecule has 0 rings (SSSR count). The van der Waals surface area contributed by atoms with Crippen LogP contribution in [-0.4, -0.2) is 23.6 Å². The monoisotopic (exact) mass is 173 g/mol. The Morgan fingerprint density at radius 1 is 1.58 bits per heavy atom. The molecule has 0 aromatic carbocycles. The fourth-order valence-corrected chi connectivity index (χ4v) is 0.725. The molecule has 2 unspecified atom stereocenters. The molecule has 4 nitrogen and oxygen atoms in total. The zero-order valence-corrected chi connectivity index (χ0v) is 8.04. The summed E-state index contributed by atoms with van der Waals surface area (Å²) in [5.74, 6) is 0.370. The second-order valence-corrected chi connectivity index (χ2v) is 3.14. The first kappa shape index (κ1) is 11.2. The second kappa shape index (κ2) is 5.83. The first-order valence-electron chi connectivity index (χ1n) is 4.32. The van der Waals surface area contributed by atoms with E-state index in [-0.39, 0.29) is 11.8 Å². The molecule has 4 heteroatoms. The van der Waals surface area contributed by atoms with Crippen LogP contribution in [0.4, 0.5) is 0 Å². The van der Waals surface area contributed by atoms with E-state index in [1.54, 1.807) is 0 Å². The molecule has 0 saturated heterocycles. The van der Waals surface area contributed by atoms with E-state index in [0.717, 1.165) is 13.0 Å². The highest BCUT2D eigenvalue weighted by Crippen LogP contribution is 1.94. The molecule has 0 fully saturated rings. The third-order valence-corrected chi connectivity index (χ3v) is 2.01. The van der Waals surface area contributed by atoms with Crippen LogP contribution in [0.5, 0.6) is 0 Å². The molecule has 72 valence electrons. The van der Waals surface area contributed by atoms with Crippen LogP contribution in [0.1, 0.15) is 27.2 Å². The van der Waals surface area contributed by atoms with Crippen LogP contribution in [0.2, 0.25) is 0 Å². The fourth-order valence-electron chi connectivity index (χ4n) is 0.725. The van der Waals surface area contributed by atoms with Gasteiger partial charge in [0.05, 0.1) is 0 Å². The Bertz CT molecular complexity index is 147. The van der Waals surface area contributed by atoms with Gasteiger partial charge in [-0.2, -0.15) is 0 Å². The first-order chi connectivity index (χ1) is 5.61. The molecule has 0 aromatic rings. The Morgan fingerprint density at radius 3 is 2.58 bits per heavy atom. The van der Waals surface area contributed by atoms with E-state index in [4.69, 9.17) is 10.9 Å². The molecule has 0 heterocycles. The maximum absolute atomic E-state index is 8.36. The Morgan fingerprint density at radius 2 is 2.17 bits per heavy atom. The summed E-state index contributed by atoms with van der Waals surface area (Å²) in [6.07, 6.45) is 1.09. The predicted molar refractivity (Wildman–Crippen MR) is 50.3 cm³/mol. The summed E-state index contributed by atoms with van der Waals surface area (Å²) in [7, 11) is 0. The summed E-state index contributed by atoms with van der Waals surface area (Å²) in [6.45, 7) is 6.90. The van der Waals surface area contributed by atoms with Crippen LogP contribution < -0.4 is 11.1 Å². The maximum Gasteiger partial charge on any atom is 0.143 e. The van der Waals surface area contributed by atoms with Crippen LogP contribution in [0.3, 0.4) is 0 Å². The lowest BCUT2D eigenvalue weighted by Crippen LogP contribution is -2.35. The van der Waals surface area contributed by atoms with Crippen LogP contribution in [0.25, 0.3) is 0 Å².